The number of hydrogen-bond donors (Lipinski definition) is 3. The highest BCUT2D eigenvalue weighted by Crippen LogP contribution is 2.39. The summed E-state index contributed by atoms with van der Waals surface area (Å²) < 4.78 is 0. The molecule has 0 aliphatic rings. The quantitative estimate of drug-likeness (QED) is 0.649. The molecule has 80 valence electrons. The van der Waals surface area contributed by atoms with Crippen molar-refractivity contribution in [2.24, 2.45) is 0 Å². The topological polar surface area (TPSA) is 40.5 Å². The molecule has 0 atom stereocenters. The summed E-state index contributed by atoms with van der Waals surface area (Å²) in [5.41, 5.74) is 0. The van der Waals surface area contributed by atoms with Gasteiger partial charge in [-0.15, -0.1) is 0 Å². The third kappa shape index (κ3) is 1.75. The Bertz CT molecular complexity index is 506. The number of benzene rings is 2. The zero-order chi connectivity index (χ0) is 11.0. The van der Waals surface area contributed by atoms with Crippen LogP contribution < -0.4 is 0 Å². The Morgan fingerprint density at radius 2 is 1.67 bits per heavy atom. The van der Waals surface area contributed by atoms with Crippen LogP contribution in [0.3, 0.4) is 0 Å². The van der Waals surface area contributed by atoms with Crippen molar-refractivity contribution >= 4 is 21.7 Å². The molecule has 2 aromatic rings. The molecule has 0 radical (unpaired) electrons. The third-order valence-electron chi connectivity index (χ3n) is 2.44. The average Bonchev–Trinajstić information content (AvgIpc) is 2.17. The van der Waals surface area contributed by atoms with Gasteiger partial charge in [0.15, 0.2) is 0 Å². The van der Waals surface area contributed by atoms with E-state index in [2.05, 4.69) is 12.5 Å². The second kappa shape index (κ2) is 3.66. The van der Waals surface area contributed by atoms with Crippen LogP contribution in [-0.4, -0.2) is 22.7 Å². The first-order chi connectivity index (χ1) is 7.09. The van der Waals surface area contributed by atoms with E-state index in [4.69, 9.17) is 0 Å². The minimum absolute atomic E-state index is 0.242. The first-order valence-electron chi connectivity index (χ1n) is 4.71. The molecule has 0 aromatic heterocycles. The zero-order valence-corrected chi connectivity index (χ0v) is 9.62. The van der Waals surface area contributed by atoms with Crippen LogP contribution in [0.1, 0.15) is 0 Å². The number of hydrogen-bond acceptors (Lipinski definition) is 2. The molecule has 0 spiro atoms. The molecule has 2 nitrogen and oxygen atoms in total. The van der Waals surface area contributed by atoms with Gasteiger partial charge in [0.25, 0.3) is 0 Å². The molecule has 0 bridgehead atoms. The molecule has 0 fully saturated rings. The van der Waals surface area contributed by atoms with E-state index < -0.39 is 0 Å². The highest BCUT2D eigenvalue weighted by molar-refractivity contribution is 8.16. The van der Waals surface area contributed by atoms with Crippen molar-refractivity contribution in [3.05, 3.63) is 30.3 Å². The maximum Gasteiger partial charge on any atom is 0.123 e. The minimum atomic E-state index is -0.242. The van der Waals surface area contributed by atoms with Gasteiger partial charge >= 0.3 is 0 Å². The minimum Gasteiger partial charge on any atom is -0.508 e. The molecule has 15 heavy (non-hydrogen) atoms. The van der Waals surface area contributed by atoms with Crippen molar-refractivity contribution in [1.82, 2.24) is 0 Å². The number of aromatic hydroxyl groups is 2. The molecule has 2 aromatic carbocycles. The lowest BCUT2D eigenvalue weighted by Crippen LogP contribution is -1.83. The fourth-order valence-electron chi connectivity index (χ4n) is 1.69. The van der Waals surface area contributed by atoms with E-state index in [1.807, 2.05) is 6.07 Å². The molecular weight excluding hydrogens is 208 g/mol. The molecule has 2 rings (SSSR count). The van der Waals surface area contributed by atoms with Crippen LogP contribution in [-0.2, 0) is 0 Å². The van der Waals surface area contributed by atoms with Gasteiger partial charge in [-0.05, 0) is 47.7 Å². The molecule has 2 N–H and O–H groups in total. The van der Waals surface area contributed by atoms with Crippen LogP contribution in [0.2, 0.25) is 0 Å². The summed E-state index contributed by atoms with van der Waals surface area (Å²) in [4.78, 5) is 1.20. The summed E-state index contributed by atoms with van der Waals surface area (Å²) in [5.74, 6) is 0.511. The molecule has 0 saturated heterocycles. The predicted molar refractivity (Wildman–Crippen MR) is 66.4 cm³/mol. The first-order valence-corrected chi connectivity index (χ1v) is 6.95. The lowest BCUT2D eigenvalue weighted by molar-refractivity contribution is 0.475. The van der Waals surface area contributed by atoms with E-state index in [-0.39, 0.29) is 22.4 Å². The highest BCUT2D eigenvalue weighted by Gasteiger charge is 2.07. The van der Waals surface area contributed by atoms with Gasteiger partial charge in [0.1, 0.15) is 11.5 Å². The normalized spacial score (nSPS) is 11.7. The zero-order valence-electron chi connectivity index (χ0n) is 8.73. The summed E-state index contributed by atoms with van der Waals surface area (Å²) >= 11 is 0. The second-order valence-electron chi connectivity index (χ2n) is 3.73. The van der Waals surface area contributed by atoms with Gasteiger partial charge in [-0.3, -0.25) is 0 Å². The van der Waals surface area contributed by atoms with E-state index in [9.17, 15) is 10.2 Å². The van der Waals surface area contributed by atoms with Gasteiger partial charge in [0, 0.05) is 10.8 Å². The first kappa shape index (κ1) is 10.2. The number of rotatable bonds is 1. The average molecular weight is 222 g/mol. The summed E-state index contributed by atoms with van der Waals surface area (Å²) in [7, 11) is -0.242. The molecule has 3 heteroatoms. The lowest BCUT2D eigenvalue weighted by atomic mass is 10.1. The maximum atomic E-state index is 9.69. The van der Waals surface area contributed by atoms with E-state index >= 15 is 0 Å². The van der Waals surface area contributed by atoms with Crippen molar-refractivity contribution < 1.29 is 10.2 Å². The van der Waals surface area contributed by atoms with E-state index in [0.717, 1.165) is 10.8 Å². The molecule has 0 heterocycles. The van der Waals surface area contributed by atoms with Crippen LogP contribution in [0.5, 0.6) is 11.5 Å². The molecule has 0 aliphatic heterocycles. The summed E-state index contributed by atoms with van der Waals surface area (Å²) in [6.45, 7) is 0. The molecule has 0 aliphatic carbocycles. The van der Waals surface area contributed by atoms with Gasteiger partial charge in [-0.1, -0.05) is 0 Å². The van der Waals surface area contributed by atoms with Crippen molar-refractivity contribution in [2.75, 3.05) is 12.5 Å². The van der Waals surface area contributed by atoms with E-state index in [1.165, 1.54) is 4.90 Å². The second-order valence-corrected chi connectivity index (χ2v) is 6.00. The van der Waals surface area contributed by atoms with E-state index in [1.54, 1.807) is 24.3 Å². The Labute approximate surface area is 91.5 Å². The number of phenols is 2. The van der Waals surface area contributed by atoms with Crippen molar-refractivity contribution in [3.63, 3.8) is 0 Å². The van der Waals surface area contributed by atoms with Gasteiger partial charge in [0.2, 0.25) is 0 Å². The Balaban J connectivity index is 2.84. The summed E-state index contributed by atoms with van der Waals surface area (Å²) in [6, 6.07) is 8.72. The largest absolute Gasteiger partial charge is 0.508 e. The van der Waals surface area contributed by atoms with E-state index in [0.29, 0.717) is 0 Å². The van der Waals surface area contributed by atoms with Crippen LogP contribution in [0.4, 0.5) is 0 Å². The van der Waals surface area contributed by atoms with Gasteiger partial charge in [0.05, 0.1) is 0 Å². The predicted octanol–water partition coefficient (Wildman–Crippen LogP) is 2.87. The van der Waals surface area contributed by atoms with Crippen LogP contribution in [0, 0.1) is 0 Å². The van der Waals surface area contributed by atoms with Gasteiger partial charge in [-0.2, -0.15) is 0 Å². The van der Waals surface area contributed by atoms with Crippen molar-refractivity contribution in [3.8, 4) is 11.5 Å². The molecule has 0 amide bonds. The molecule has 0 saturated carbocycles. The fourth-order valence-corrected chi connectivity index (χ4v) is 2.73. The Kier molecular flexibility index (Phi) is 2.49. The van der Waals surface area contributed by atoms with Gasteiger partial charge < -0.3 is 10.2 Å². The standard InChI is InChI=1S/C12H14O2S/c1-15(2)12-6-5-11(14)9-4-3-8(13)7-10(9)12/h3-7,13-15H,1-2H3. The lowest BCUT2D eigenvalue weighted by Gasteiger charge is -2.14. The Morgan fingerprint density at radius 1 is 0.933 bits per heavy atom. The number of fused-ring (bicyclic) bond motifs is 1. The number of phenolic OH excluding ortho intramolecular Hbond substituents is 2. The molecule has 0 unspecified atom stereocenters. The summed E-state index contributed by atoms with van der Waals surface area (Å²) in [6.07, 6.45) is 4.32. The third-order valence-corrected chi connectivity index (χ3v) is 3.79. The SMILES string of the molecule is C[SH](C)c1ccc(O)c2ccc(O)cc12. The number of thiol groups is 1. The fraction of sp³-hybridized carbons (Fsp3) is 0.167. The smallest absolute Gasteiger partial charge is 0.123 e. The molecular formula is C12H14O2S. The summed E-state index contributed by atoms with van der Waals surface area (Å²) in [5, 5.41) is 20.9. The van der Waals surface area contributed by atoms with Crippen LogP contribution >= 0.6 is 10.9 Å². The highest BCUT2D eigenvalue weighted by atomic mass is 32.2. The Morgan fingerprint density at radius 3 is 2.33 bits per heavy atom. The monoisotopic (exact) mass is 222 g/mol. The Hall–Kier alpha value is -1.35. The maximum absolute atomic E-state index is 9.69. The van der Waals surface area contributed by atoms with Crippen LogP contribution in [0.25, 0.3) is 10.8 Å². The van der Waals surface area contributed by atoms with Crippen molar-refractivity contribution in [1.29, 1.82) is 0 Å². The van der Waals surface area contributed by atoms with Gasteiger partial charge in [-0.25, -0.2) is 10.9 Å². The van der Waals surface area contributed by atoms with Crippen LogP contribution in [0.15, 0.2) is 35.2 Å². The van der Waals surface area contributed by atoms with Crippen molar-refractivity contribution in [2.45, 2.75) is 4.90 Å².